The number of allylic oxidation sites excluding steroid dienone is 1. The van der Waals surface area contributed by atoms with Gasteiger partial charge in [0, 0.05) is 5.02 Å². The summed E-state index contributed by atoms with van der Waals surface area (Å²) in [6.07, 6.45) is 1.73. The van der Waals surface area contributed by atoms with Crippen LogP contribution < -0.4 is 9.47 Å². The average molecular weight is 482 g/mol. The van der Waals surface area contributed by atoms with Crippen LogP contribution in [0.15, 0.2) is 70.7 Å². The number of methoxy groups -OCH3 is 1. The van der Waals surface area contributed by atoms with Crippen LogP contribution in [0.25, 0.3) is 17.1 Å². The Kier molecular flexibility index (Phi) is 6.91. The van der Waals surface area contributed by atoms with Crippen LogP contribution >= 0.6 is 35.0 Å². The molecule has 0 radical (unpaired) electrons. The molecule has 0 aliphatic rings. The number of halogens is 2. The molecular weight excluding hydrogens is 465 g/mol. The smallest absolute Gasteiger partial charge is 0.180 e. The molecule has 0 aliphatic heterocycles. The maximum Gasteiger partial charge on any atom is 0.180 e. The van der Waals surface area contributed by atoms with E-state index in [2.05, 4.69) is 16.0 Å². The van der Waals surface area contributed by atoms with Gasteiger partial charge in [-0.05, 0) is 65.4 Å². The quantitative estimate of drug-likeness (QED) is 0.224. The SMILES string of the molecule is COc1cc(/C=C(\C#N)Sc2nc3ccccc3[nH]2)cc(Cl)c1OCc1ccc(Cl)cc1. The Morgan fingerprint density at radius 3 is 2.66 bits per heavy atom. The van der Waals surface area contributed by atoms with Gasteiger partial charge in [0.1, 0.15) is 12.7 Å². The summed E-state index contributed by atoms with van der Waals surface area (Å²) in [5.41, 5.74) is 3.43. The number of H-pyrrole nitrogens is 1. The molecule has 8 heteroatoms. The number of rotatable bonds is 7. The largest absolute Gasteiger partial charge is 0.493 e. The fraction of sp³-hybridized carbons (Fsp3) is 0.0833. The zero-order valence-electron chi connectivity index (χ0n) is 16.9. The van der Waals surface area contributed by atoms with Gasteiger partial charge in [-0.15, -0.1) is 0 Å². The second-order valence-corrected chi connectivity index (χ2v) is 8.61. The molecule has 4 aromatic rings. The minimum Gasteiger partial charge on any atom is -0.493 e. The number of aromatic nitrogens is 2. The molecule has 0 amide bonds. The molecule has 1 N–H and O–H groups in total. The standard InChI is InChI=1S/C24H17Cl2N3O2S/c1-30-22-12-16(11-19(26)23(22)31-14-15-6-8-17(25)9-7-15)10-18(13-27)32-24-28-20-4-2-3-5-21(20)29-24/h2-12H,14H2,1H3,(H,28,29)/b18-10+. The van der Waals surface area contributed by atoms with Crippen molar-refractivity contribution >= 4 is 52.1 Å². The molecule has 5 nitrogen and oxygen atoms in total. The second-order valence-electron chi connectivity index (χ2n) is 6.73. The van der Waals surface area contributed by atoms with E-state index >= 15 is 0 Å². The molecule has 1 heterocycles. The highest BCUT2D eigenvalue weighted by Crippen LogP contribution is 2.38. The van der Waals surface area contributed by atoms with Crippen molar-refractivity contribution in [2.45, 2.75) is 11.8 Å². The Hall–Kier alpha value is -3.11. The van der Waals surface area contributed by atoms with E-state index in [1.165, 1.54) is 11.8 Å². The van der Waals surface area contributed by atoms with Gasteiger partial charge < -0.3 is 14.5 Å². The van der Waals surface area contributed by atoms with Crippen LogP contribution in [0.3, 0.4) is 0 Å². The van der Waals surface area contributed by atoms with Crippen molar-refractivity contribution in [2.75, 3.05) is 7.11 Å². The van der Waals surface area contributed by atoms with Gasteiger partial charge in [0.15, 0.2) is 16.7 Å². The first-order chi connectivity index (χ1) is 15.6. The Morgan fingerprint density at radius 2 is 1.94 bits per heavy atom. The summed E-state index contributed by atoms with van der Waals surface area (Å²) < 4.78 is 11.4. The number of benzene rings is 3. The summed E-state index contributed by atoms with van der Waals surface area (Å²) in [6, 6.07) is 20.8. The minimum absolute atomic E-state index is 0.313. The Bertz CT molecular complexity index is 1290. The lowest BCUT2D eigenvalue weighted by Crippen LogP contribution is -1.99. The third-order valence-electron chi connectivity index (χ3n) is 4.53. The lowest BCUT2D eigenvalue weighted by Gasteiger charge is -2.13. The first kappa shape index (κ1) is 22.1. The molecule has 160 valence electrons. The van der Waals surface area contributed by atoms with Gasteiger partial charge in [0.05, 0.1) is 28.1 Å². The number of nitrogens with zero attached hydrogens (tertiary/aromatic N) is 2. The van der Waals surface area contributed by atoms with Gasteiger partial charge in [0.2, 0.25) is 0 Å². The van der Waals surface area contributed by atoms with Crippen molar-refractivity contribution in [1.82, 2.24) is 9.97 Å². The van der Waals surface area contributed by atoms with E-state index < -0.39 is 0 Å². The van der Waals surface area contributed by atoms with E-state index in [1.54, 1.807) is 37.5 Å². The van der Waals surface area contributed by atoms with Crippen LogP contribution in [0.4, 0.5) is 0 Å². The van der Waals surface area contributed by atoms with E-state index in [-0.39, 0.29) is 0 Å². The molecule has 0 spiro atoms. The predicted molar refractivity (Wildman–Crippen MR) is 129 cm³/mol. The third kappa shape index (κ3) is 5.20. The van der Waals surface area contributed by atoms with Crippen LogP contribution in [0.5, 0.6) is 11.5 Å². The van der Waals surface area contributed by atoms with Crippen molar-refractivity contribution in [2.24, 2.45) is 0 Å². The molecule has 0 bridgehead atoms. The summed E-state index contributed by atoms with van der Waals surface area (Å²) in [5, 5.41) is 11.3. The van der Waals surface area contributed by atoms with Crippen LogP contribution in [0, 0.1) is 11.3 Å². The molecular formula is C24H17Cl2N3O2S. The number of thioether (sulfide) groups is 1. The summed E-state index contributed by atoms with van der Waals surface area (Å²) in [7, 11) is 1.54. The fourth-order valence-electron chi connectivity index (χ4n) is 3.02. The van der Waals surface area contributed by atoms with E-state index in [0.717, 1.165) is 16.6 Å². The van der Waals surface area contributed by atoms with Crippen LogP contribution in [-0.4, -0.2) is 17.1 Å². The van der Waals surface area contributed by atoms with Crippen molar-refractivity contribution in [1.29, 1.82) is 5.26 Å². The summed E-state index contributed by atoms with van der Waals surface area (Å²) >= 11 is 13.7. The number of hydrogen-bond donors (Lipinski definition) is 1. The van der Waals surface area contributed by atoms with Crippen LogP contribution in [0.2, 0.25) is 10.0 Å². The van der Waals surface area contributed by atoms with Crippen molar-refractivity contribution < 1.29 is 9.47 Å². The molecule has 0 atom stereocenters. The highest BCUT2D eigenvalue weighted by Gasteiger charge is 2.13. The molecule has 32 heavy (non-hydrogen) atoms. The molecule has 1 aromatic heterocycles. The molecule has 3 aromatic carbocycles. The number of aromatic amines is 1. The number of para-hydroxylation sites is 2. The summed E-state index contributed by atoms with van der Waals surface area (Å²) in [4.78, 5) is 8.16. The number of imidazole rings is 1. The normalized spacial score (nSPS) is 11.4. The first-order valence-corrected chi connectivity index (χ1v) is 11.1. The predicted octanol–water partition coefficient (Wildman–Crippen LogP) is 7.11. The molecule has 0 fully saturated rings. The van der Waals surface area contributed by atoms with Crippen LogP contribution in [-0.2, 0) is 6.61 Å². The highest BCUT2D eigenvalue weighted by molar-refractivity contribution is 8.03. The van der Waals surface area contributed by atoms with Crippen molar-refractivity contribution in [3.05, 3.63) is 86.7 Å². The number of fused-ring (bicyclic) bond motifs is 1. The lowest BCUT2D eigenvalue weighted by atomic mass is 10.2. The number of nitriles is 1. The summed E-state index contributed by atoms with van der Waals surface area (Å²) in [5.74, 6) is 0.911. The third-order valence-corrected chi connectivity index (χ3v) is 5.88. The van der Waals surface area contributed by atoms with Gasteiger partial charge in [-0.1, -0.05) is 47.5 Å². The van der Waals surface area contributed by atoms with Gasteiger partial charge in [-0.3, -0.25) is 0 Å². The molecule has 0 saturated heterocycles. The van der Waals surface area contributed by atoms with E-state index in [0.29, 0.717) is 43.8 Å². The second kappa shape index (κ2) is 10.0. The maximum atomic E-state index is 9.62. The maximum absolute atomic E-state index is 9.62. The number of hydrogen-bond acceptors (Lipinski definition) is 5. The number of ether oxygens (including phenoxy) is 2. The highest BCUT2D eigenvalue weighted by atomic mass is 35.5. The molecule has 4 rings (SSSR count). The Balaban J connectivity index is 1.55. The van der Waals surface area contributed by atoms with E-state index in [9.17, 15) is 5.26 Å². The molecule has 0 aliphatic carbocycles. The monoisotopic (exact) mass is 481 g/mol. The summed E-state index contributed by atoms with van der Waals surface area (Å²) in [6.45, 7) is 0.313. The number of nitrogens with one attached hydrogen (secondary N) is 1. The van der Waals surface area contributed by atoms with Gasteiger partial charge >= 0.3 is 0 Å². The van der Waals surface area contributed by atoms with E-state index in [4.69, 9.17) is 32.7 Å². The first-order valence-electron chi connectivity index (χ1n) is 9.55. The minimum atomic E-state index is 0.313. The van der Waals surface area contributed by atoms with Crippen molar-refractivity contribution in [3.63, 3.8) is 0 Å². The molecule has 0 saturated carbocycles. The zero-order chi connectivity index (χ0) is 22.5. The molecule has 0 unspecified atom stereocenters. The van der Waals surface area contributed by atoms with Gasteiger partial charge in [-0.2, -0.15) is 5.26 Å². The zero-order valence-corrected chi connectivity index (χ0v) is 19.3. The van der Waals surface area contributed by atoms with Gasteiger partial charge in [0.25, 0.3) is 0 Å². The van der Waals surface area contributed by atoms with E-state index in [1.807, 2.05) is 36.4 Å². The fourth-order valence-corrected chi connectivity index (χ4v) is 4.17. The van der Waals surface area contributed by atoms with Crippen LogP contribution in [0.1, 0.15) is 11.1 Å². The lowest BCUT2D eigenvalue weighted by molar-refractivity contribution is 0.284. The van der Waals surface area contributed by atoms with Crippen molar-refractivity contribution in [3.8, 4) is 17.6 Å². The van der Waals surface area contributed by atoms with Gasteiger partial charge in [-0.25, -0.2) is 4.98 Å². The Labute approximate surface area is 199 Å². The average Bonchev–Trinajstić information content (AvgIpc) is 3.21. The Morgan fingerprint density at radius 1 is 1.16 bits per heavy atom. The topological polar surface area (TPSA) is 70.9 Å².